The first-order valence-corrected chi connectivity index (χ1v) is 6.61. The Bertz CT molecular complexity index is 282. The summed E-state index contributed by atoms with van der Waals surface area (Å²) in [5, 5.41) is 0. The van der Waals surface area contributed by atoms with Crippen molar-refractivity contribution in [1.82, 2.24) is 0 Å². The second kappa shape index (κ2) is 5.36. The van der Waals surface area contributed by atoms with Gasteiger partial charge in [0.25, 0.3) is 0 Å². The smallest absolute Gasteiger partial charge is 0.313 e. The van der Waals surface area contributed by atoms with E-state index >= 15 is 0 Å². The number of carbonyl (C=O) groups is 1. The first-order valence-electron chi connectivity index (χ1n) is 6.61. The minimum Gasteiger partial charge on any atom is -0.462 e. The van der Waals surface area contributed by atoms with Crippen molar-refractivity contribution < 1.29 is 14.3 Å². The Morgan fingerprint density at radius 1 is 1.24 bits per heavy atom. The highest BCUT2D eigenvalue weighted by Gasteiger charge is 2.35. The zero-order valence-corrected chi connectivity index (χ0v) is 10.7. The maximum absolute atomic E-state index is 11.9. The molecule has 2 N–H and O–H groups in total. The minimum absolute atomic E-state index is 0.0847. The monoisotopic (exact) mass is 241 g/mol. The van der Waals surface area contributed by atoms with E-state index in [0.29, 0.717) is 19.1 Å². The standard InChI is InChI=1S/C13H23NO3/c1-8-3-4-10(5-9(8)2)17-13(15)11-6-16-7-12(11)14/h8-12H,3-7,14H2,1-2H3. The summed E-state index contributed by atoms with van der Waals surface area (Å²) in [6, 6.07) is -0.192. The van der Waals surface area contributed by atoms with Crippen LogP contribution in [0.15, 0.2) is 0 Å². The van der Waals surface area contributed by atoms with E-state index in [4.69, 9.17) is 15.2 Å². The van der Waals surface area contributed by atoms with Crippen molar-refractivity contribution in [1.29, 1.82) is 0 Å². The second-order valence-corrected chi connectivity index (χ2v) is 5.63. The summed E-state index contributed by atoms with van der Waals surface area (Å²) >= 11 is 0. The molecule has 4 heteroatoms. The van der Waals surface area contributed by atoms with E-state index in [1.54, 1.807) is 0 Å². The van der Waals surface area contributed by atoms with Gasteiger partial charge in [-0.05, 0) is 31.1 Å². The molecule has 5 unspecified atom stereocenters. The van der Waals surface area contributed by atoms with Crippen molar-refractivity contribution in [3.8, 4) is 0 Å². The van der Waals surface area contributed by atoms with Gasteiger partial charge in [0.2, 0.25) is 0 Å². The zero-order chi connectivity index (χ0) is 12.4. The number of hydrogen-bond donors (Lipinski definition) is 1. The Balaban J connectivity index is 1.82. The number of esters is 1. The molecule has 0 radical (unpaired) electrons. The number of hydrogen-bond acceptors (Lipinski definition) is 4. The lowest BCUT2D eigenvalue weighted by molar-refractivity contribution is -0.157. The van der Waals surface area contributed by atoms with Crippen molar-refractivity contribution in [3.05, 3.63) is 0 Å². The number of nitrogens with two attached hydrogens (primary N) is 1. The Morgan fingerprint density at radius 2 is 2.00 bits per heavy atom. The molecule has 0 aromatic heterocycles. The maximum Gasteiger partial charge on any atom is 0.313 e. The third-order valence-corrected chi connectivity index (χ3v) is 4.26. The van der Waals surface area contributed by atoms with Gasteiger partial charge < -0.3 is 15.2 Å². The van der Waals surface area contributed by atoms with Gasteiger partial charge in [0.1, 0.15) is 6.10 Å². The molecule has 0 aromatic carbocycles. The number of carbonyl (C=O) groups excluding carboxylic acids is 1. The molecule has 0 aromatic rings. The largest absolute Gasteiger partial charge is 0.462 e. The molecular formula is C13H23NO3. The fourth-order valence-electron chi connectivity index (χ4n) is 2.67. The van der Waals surface area contributed by atoms with Gasteiger partial charge in [-0.1, -0.05) is 13.8 Å². The highest BCUT2D eigenvalue weighted by atomic mass is 16.5. The van der Waals surface area contributed by atoms with Crippen LogP contribution in [-0.4, -0.2) is 31.3 Å². The third kappa shape index (κ3) is 2.99. The SMILES string of the molecule is CC1CCC(OC(=O)C2COCC2N)CC1C. The van der Waals surface area contributed by atoms with Gasteiger partial charge in [0.15, 0.2) is 0 Å². The molecule has 2 rings (SSSR count). The molecule has 1 aliphatic heterocycles. The predicted octanol–water partition coefficient (Wildman–Crippen LogP) is 1.33. The molecular weight excluding hydrogens is 218 g/mol. The summed E-state index contributed by atoms with van der Waals surface area (Å²) in [6.07, 6.45) is 3.20. The van der Waals surface area contributed by atoms with E-state index < -0.39 is 0 Å². The molecule has 17 heavy (non-hydrogen) atoms. The maximum atomic E-state index is 11.9. The van der Waals surface area contributed by atoms with Gasteiger partial charge in [0.05, 0.1) is 19.1 Å². The molecule has 4 nitrogen and oxygen atoms in total. The molecule has 5 atom stereocenters. The van der Waals surface area contributed by atoms with Crippen molar-refractivity contribution in [3.63, 3.8) is 0 Å². The molecule has 1 aliphatic carbocycles. The van der Waals surface area contributed by atoms with Gasteiger partial charge in [-0.25, -0.2) is 0 Å². The summed E-state index contributed by atoms with van der Waals surface area (Å²) in [7, 11) is 0. The summed E-state index contributed by atoms with van der Waals surface area (Å²) in [5.74, 6) is 0.948. The van der Waals surface area contributed by atoms with E-state index in [2.05, 4.69) is 13.8 Å². The average Bonchev–Trinajstić information content (AvgIpc) is 2.70. The molecule has 1 saturated heterocycles. The van der Waals surface area contributed by atoms with Crippen LogP contribution in [0.25, 0.3) is 0 Å². The van der Waals surface area contributed by atoms with Crippen LogP contribution < -0.4 is 5.73 Å². The van der Waals surface area contributed by atoms with Gasteiger partial charge in [-0.3, -0.25) is 4.79 Å². The van der Waals surface area contributed by atoms with E-state index in [1.165, 1.54) is 0 Å². The van der Waals surface area contributed by atoms with E-state index in [9.17, 15) is 4.79 Å². The number of rotatable bonds is 2. The van der Waals surface area contributed by atoms with Crippen LogP contribution in [-0.2, 0) is 14.3 Å². The summed E-state index contributed by atoms with van der Waals surface area (Å²) in [5.41, 5.74) is 5.81. The summed E-state index contributed by atoms with van der Waals surface area (Å²) in [4.78, 5) is 11.9. The Kier molecular flexibility index (Phi) is 4.05. The normalized spacial score (nSPS) is 42.4. The molecule has 1 saturated carbocycles. The molecule has 0 spiro atoms. The quantitative estimate of drug-likeness (QED) is 0.741. The van der Waals surface area contributed by atoms with Crippen molar-refractivity contribution in [2.75, 3.05) is 13.2 Å². The fraction of sp³-hybridized carbons (Fsp3) is 0.923. The highest BCUT2D eigenvalue weighted by molar-refractivity contribution is 5.74. The van der Waals surface area contributed by atoms with E-state index in [1.807, 2.05) is 0 Å². The Morgan fingerprint density at radius 3 is 2.59 bits per heavy atom. The lowest BCUT2D eigenvalue weighted by atomic mass is 9.80. The van der Waals surface area contributed by atoms with Crippen molar-refractivity contribution in [2.24, 2.45) is 23.5 Å². The van der Waals surface area contributed by atoms with Gasteiger partial charge >= 0.3 is 5.97 Å². The Hall–Kier alpha value is -0.610. The third-order valence-electron chi connectivity index (χ3n) is 4.26. The average molecular weight is 241 g/mol. The molecule has 2 fully saturated rings. The van der Waals surface area contributed by atoms with Crippen LogP contribution in [0.4, 0.5) is 0 Å². The lowest BCUT2D eigenvalue weighted by Crippen LogP contribution is -2.38. The molecule has 0 amide bonds. The lowest BCUT2D eigenvalue weighted by Gasteiger charge is -2.32. The molecule has 98 valence electrons. The molecule has 2 aliphatic rings. The highest BCUT2D eigenvalue weighted by Crippen LogP contribution is 2.31. The summed E-state index contributed by atoms with van der Waals surface area (Å²) < 4.78 is 10.8. The van der Waals surface area contributed by atoms with Crippen LogP contribution in [0.2, 0.25) is 0 Å². The van der Waals surface area contributed by atoms with Crippen molar-refractivity contribution >= 4 is 5.97 Å². The number of ether oxygens (including phenoxy) is 2. The van der Waals surface area contributed by atoms with Gasteiger partial charge in [-0.2, -0.15) is 0 Å². The van der Waals surface area contributed by atoms with Crippen LogP contribution >= 0.6 is 0 Å². The first kappa shape index (κ1) is 12.8. The first-order chi connectivity index (χ1) is 8.08. The fourth-order valence-corrected chi connectivity index (χ4v) is 2.67. The topological polar surface area (TPSA) is 61.5 Å². The van der Waals surface area contributed by atoms with E-state index in [-0.39, 0.29) is 24.0 Å². The predicted molar refractivity (Wildman–Crippen MR) is 64.3 cm³/mol. The van der Waals surface area contributed by atoms with Crippen LogP contribution in [0.5, 0.6) is 0 Å². The van der Waals surface area contributed by atoms with Crippen LogP contribution in [0.3, 0.4) is 0 Å². The minimum atomic E-state index is -0.260. The molecule has 1 heterocycles. The summed E-state index contributed by atoms with van der Waals surface area (Å²) in [6.45, 7) is 5.38. The van der Waals surface area contributed by atoms with Gasteiger partial charge in [-0.15, -0.1) is 0 Å². The Labute approximate surface area is 103 Å². The van der Waals surface area contributed by atoms with Crippen LogP contribution in [0, 0.1) is 17.8 Å². The van der Waals surface area contributed by atoms with Gasteiger partial charge in [0, 0.05) is 6.04 Å². The van der Waals surface area contributed by atoms with E-state index in [0.717, 1.165) is 25.2 Å². The van der Waals surface area contributed by atoms with Crippen LogP contribution in [0.1, 0.15) is 33.1 Å². The molecule has 0 bridgehead atoms. The second-order valence-electron chi connectivity index (χ2n) is 5.63. The van der Waals surface area contributed by atoms with Crippen molar-refractivity contribution in [2.45, 2.75) is 45.3 Å². The zero-order valence-electron chi connectivity index (χ0n) is 10.7.